The average Bonchev–Trinajstić information content (AvgIpc) is 2.63. The molecule has 0 bridgehead atoms. The molecule has 1 aromatic carbocycles. The highest BCUT2D eigenvalue weighted by molar-refractivity contribution is 6.04. The minimum atomic E-state index is -0.248. The van der Waals surface area contributed by atoms with Crippen LogP contribution in [-0.4, -0.2) is 49.3 Å². The van der Waals surface area contributed by atoms with Gasteiger partial charge in [-0.25, -0.2) is 9.97 Å². The smallest absolute Gasteiger partial charge is 0.259 e. The monoisotopic (exact) mass is 328 g/mol. The van der Waals surface area contributed by atoms with Gasteiger partial charge in [0.25, 0.3) is 5.91 Å². The van der Waals surface area contributed by atoms with E-state index in [2.05, 4.69) is 15.3 Å². The number of nitrogens with one attached hydrogen (secondary N) is 1. The molecule has 24 heavy (non-hydrogen) atoms. The van der Waals surface area contributed by atoms with Gasteiger partial charge in [-0.3, -0.25) is 4.79 Å². The van der Waals surface area contributed by atoms with Gasteiger partial charge < -0.3 is 19.7 Å². The summed E-state index contributed by atoms with van der Waals surface area (Å²) in [7, 11) is 1.58. The molecule has 0 saturated carbocycles. The third-order valence-corrected chi connectivity index (χ3v) is 3.71. The summed E-state index contributed by atoms with van der Waals surface area (Å²) in [6.45, 7) is 3.03. The first-order valence-corrected chi connectivity index (χ1v) is 7.82. The molecule has 1 aliphatic rings. The molecule has 1 aromatic heterocycles. The van der Waals surface area contributed by atoms with E-state index in [-0.39, 0.29) is 12.5 Å². The summed E-state index contributed by atoms with van der Waals surface area (Å²) in [6, 6.07) is 9.29. The number of methoxy groups -OCH3 is 1. The number of hydrogen-bond donors (Lipinski definition) is 1. The quantitative estimate of drug-likeness (QED) is 0.900. The maximum absolute atomic E-state index is 12.5. The minimum absolute atomic E-state index is 0.247. The molecular weight excluding hydrogens is 308 g/mol. The Morgan fingerprint density at radius 1 is 1.29 bits per heavy atom. The molecule has 1 N–H and O–H groups in total. The van der Waals surface area contributed by atoms with Crippen molar-refractivity contribution in [3.63, 3.8) is 0 Å². The maximum atomic E-state index is 12.5. The molecule has 3 rings (SSSR count). The van der Waals surface area contributed by atoms with Gasteiger partial charge in [-0.2, -0.15) is 0 Å². The Morgan fingerprint density at radius 2 is 2.04 bits per heavy atom. The van der Waals surface area contributed by atoms with Crippen molar-refractivity contribution in [2.45, 2.75) is 6.61 Å². The lowest BCUT2D eigenvalue weighted by Crippen LogP contribution is -2.37. The zero-order valence-electron chi connectivity index (χ0n) is 13.6. The van der Waals surface area contributed by atoms with Crippen molar-refractivity contribution >= 4 is 17.5 Å². The van der Waals surface area contributed by atoms with Crippen LogP contribution >= 0.6 is 0 Å². The number of amides is 1. The van der Waals surface area contributed by atoms with E-state index in [1.54, 1.807) is 13.3 Å². The van der Waals surface area contributed by atoms with Crippen LogP contribution < -0.4 is 10.2 Å². The van der Waals surface area contributed by atoms with E-state index in [4.69, 9.17) is 9.47 Å². The molecule has 1 amide bonds. The molecule has 7 heteroatoms. The SMILES string of the molecule is COCc1nc(N2CCOCC2)ncc1C(=O)Nc1ccccc1. The molecule has 0 spiro atoms. The van der Waals surface area contributed by atoms with Crippen LogP contribution in [0.5, 0.6) is 0 Å². The summed E-state index contributed by atoms with van der Waals surface area (Å²) in [5.41, 5.74) is 1.71. The number of morpholine rings is 1. The lowest BCUT2D eigenvalue weighted by Gasteiger charge is -2.27. The van der Waals surface area contributed by atoms with Crippen LogP contribution in [0.2, 0.25) is 0 Å². The fourth-order valence-electron chi connectivity index (χ4n) is 2.48. The summed E-state index contributed by atoms with van der Waals surface area (Å²) in [6.07, 6.45) is 1.56. The average molecular weight is 328 g/mol. The number of para-hydroxylation sites is 1. The van der Waals surface area contributed by atoms with E-state index < -0.39 is 0 Å². The first-order chi connectivity index (χ1) is 11.8. The van der Waals surface area contributed by atoms with Gasteiger partial charge in [-0.15, -0.1) is 0 Å². The summed E-state index contributed by atoms with van der Waals surface area (Å²) in [4.78, 5) is 23.4. The fourth-order valence-corrected chi connectivity index (χ4v) is 2.48. The van der Waals surface area contributed by atoms with E-state index in [0.717, 1.165) is 18.8 Å². The van der Waals surface area contributed by atoms with Crippen molar-refractivity contribution in [3.05, 3.63) is 47.8 Å². The topological polar surface area (TPSA) is 76.6 Å². The third-order valence-electron chi connectivity index (χ3n) is 3.71. The molecule has 7 nitrogen and oxygen atoms in total. The highest BCUT2D eigenvalue weighted by Crippen LogP contribution is 2.16. The van der Waals surface area contributed by atoms with E-state index in [9.17, 15) is 4.79 Å². The molecule has 2 aromatic rings. The largest absolute Gasteiger partial charge is 0.378 e. The molecule has 0 aliphatic carbocycles. The van der Waals surface area contributed by atoms with E-state index >= 15 is 0 Å². The molecule has 1 fully saturated rings. The second-order valence-corrected chi connectivity index (χ2v) is 5.38. The van der Waals surface area contributed by atoms with E-state index in [1.807, 2.05) is 35.2 Å². The number of nitrogens with zero attached hydrogens (tertiary/aromatic N) is 3. The highest BCUT2D eigenvalue weighted by atomic mass is 16.5. The third kappa shape index (κ3) is 3.87. The summed E-state index contributed by atoms with van der Waals surface area (Å²) < 4.78 is 10.5. The zero-order valence-corrected chi connectivity index (χ0v) is 13.6. The Balaban J connectivity index is 1.82. The van der Waals surface area contributed by atoms with Gasteiger partial charge in [-0.1, -0.05) is 18.2 Å². The molecule has 0 radical (unpaired) electrons. The molecular formula is C17H20N4O3. The maximum Gasteiger partial charge on any atom is 0.259 e. The van der Waals surface area contributed by atoms with Crippen LogP contribution in [0.3, 0.4) is 0 Å². The number of benzene rings is 1. The van der Waals surface area contributed by atoms with Crippen LogP contribution in [0.4, 0.5) is 11.6 Å². The van der Waals surface area contributed by atoms with Crippen LogP contribution in [0, 0.1) is 0 Å². The number of hydrogen-bond acceptors (Lipinski definition) is 6. The second-order valence-electron chi connectivity index (χ2n) is 5.38. The van der Waals surface area contributed by atoms with Gasteiger partial charge in [-0.05, 0) is 12.1 Å². The summed E-state index contributed by atoms with van der Waals surface area (Å²) in [5.74, 6) is 0.350. The molecule has 126 valence electrons. The molecule has 0 unspecified atom stereocenters. The number of ether oxygens (including phenoxy) is 2. The van der Waals surface area contributed by atoms with Gasteiger partial charge >= 0.3 is 0 Å². The fraction of sp³-hybridized carbons (Fsp3) is 0.353. The van der Waals surface area contributed by atoms with Crippen LogP contribution in [0.25, 0.3) is 0 Å². The van der Waals surface area contributed by atoms with Crippen molar-refractivity contribution in [3.8, 4) is 0 Å². The van der Waals surface area contributed by atoms with Crippen LogP contribution in [0.1, 0.15) is 16.1 Å². The lowest BCUT2D eigenvalue weighted by atomic mass is 10.2. The highest BCUT2D eigenvalue weighted by Gasteiger charge is 2.19. The predicted molar refractivity (Wildman–Crippen MR) is 90.2 cm³/mol. The minimum Gasteiger partial charge on any atom is -0.378 e. The molecule has 0 atom stereocenters. The van der Waals surface area contributed by atoms with Crippen molar-refractivity contribution in [1.82, 2.24) is 9.97 Å². The van der Waals surface area contributed by atoms with Gasteiger partial charge in [0.2, 0.25) is 5.95 Å². The number of carbonyl (C=O) groups is 1. The first kappa shape index (κ1) is 16.4. The zero-order chi connectivity index (χ0) is 16.8. The Morgan fingerprint density at radius 3 is 2.75 bits per heavy atom. The van der Waals surface area contributed by atoms with Gasteiger partial charge in [0.15, 0.2) is 0 Å². The number of anilines is 2. The molecule has 1 saturated heterocycles. The Kier molecular flexibility index (Phi) is 5.35. The summed E-state index contributed by atoms with van der Waals surface area (Å²) >= 11 is 0. The van der Waals surface area contributed by atoms with E-state index in [1.165, 1.54) is 0 Å². The van der Waals surface area contributed by atoms with Crippen LogP contribution in [0.15, 0.2) is 36.5 Å². The van der Waals surface area contributed by atoms with Crippen molar-refractivity contribution in [1.29, 1.82) is 0 Å². The molecule has 2 heterocycles. The van der Waals surface area contributed by atoms with Gasteiger partial charge in [0.1, 0.15) is 0 Å². The number of aromatic nitrogens is 2. The van der Waals surface area contributed by atoms with Gasteiger partial charge in [0, 0.05) is 32.1 Å². The molecule has 1 aliphatic heterocycles. The van der Waals surface area contributed by atoms with Gasteiger partial charge in [0.05, 0.1) is 31.1 Å². The number of rotatable bonds is 5. The Bertz CT molecular complexity index is 687. The Labute approximate surface area is 140 Å². The van der Waals surface area contributed by atoms with Crippen molar-refractivity contribution < 1.29 is 14.3 Å². The normalized spacial score (nSPS) is 14.5. The lowest BCUT2D eigenvalue weighted by molar-refractivity contribution is 0.102. The van der Waals surface area contributed by atoms with Crippen molar-refractivity contribution in [2.75, 3.05) is 43.6 Å². The van der Waals surface area contributed by atoms with E-state index in [0.29, 0.717) is 30.4 Å². The Hall–Kier alpha value is -2.51. The number of carbonyl (C=O) groups excluding carboxylic acids is 1. The first-order valence-electron chi connectivity index (χ1n) is 7.82. The predicted octanol–water partition coefficient (Wildman–Crippen LogP) is 1.71. The summed E-state index contributed by atoms with van der Waals surface area (Å²) in [5, 5.41) is 2.85. The van der Waals surface area contributed by atoms with Crippen LogP contribution in [-0.2, 0) is 16.1 Å². The van der Waals surface area contributed by atoms with Crippen molar-refractivity contribution in [2.24, 2.45) is 0 Å². The second kappa shape index (κ2) is 7.85. The standard InChI is InChI=1S/C17H20N4O3/c1-23-12-15-14(16(22)19-13-5-3-2-4-6-13)11-18-17(20-15)21-7-9-24-10-8-21/h2-6,11H,7-10,12H2,1H3,(H,19,22).